The normalized spacial score (nSPS) is 11.7. The minimum absolute atomic E-state index is 0.0195. The summed E-state index contributed by atoms with van der Waals surface area (Å²) in [5.74, 6) is 0. The van der Waals surface area contributed by atoms with Gasteiger partial charge in [0.05, 0.1) is 16.9 Å². The number of aromatic nitrogens is 3. The first-order valence-electron chi connectivity index (χ1n) is 5.28. The molecular weight excluding hydrogens is 313 g/mol. The van der Waals surface area contributed by atoms with Crippen molar-refractivity contribution in [1.82, 2.24) is 15.0 Å². The van der Waals surface area contributed by atoms with E-state index < -0.39 is 11.7 Å². The van der Waals surface area contributed by atoms with Crippen LogP contribution in [0.4, 0.5) is 18.9 Å². The van der Waals surface area contributed by atoms with Crippen molar-refractivity contribution in [2.24, 2.45) is 0 Å². The van der Waals surface area contributed by atoms with Gasteiger partial charge in [-0.2, -0.15) is 13.2 Å². The zero-order valence-corrected chi connectivity index (χ0v) is 11.6. The predicted molar refractivity (Wildman–Crippen MR) is 69.6 cm³/mol. The summed E-state index contributed by atoms with van der Waals surface area (Å²) in [5.41, 5.74) is 5.79. The highest BCUT2D eigenvalue weighted by atomic mass is 35.5. The molecule has 106 valence electrons. The molecule has 2 aromatic heterocycles. The first-order valence-corrected chi connectivity index (χ1v) is 6.47. The second-order valence-electron chi connectivity index (χ2n) is 3.78. The SMILES string of the molecule is Cc1nc(Cl)nc(Sc2ccc(C(F)(F)F)cn2)c1N. The lowest BCUT2D eigenvalue weighted by Gasteiger charge is -2.08. The van der Waals surface area contributed by atoms with E-state index in [1.807, 2.05) is 0 Å². The second-order valence-corrected chi connectivity index (χ2v) is 5.13. The molecule has 0 amide bonds. The van der Waals surface area contributed by atoms with E-state index in [-0.39, 0.29) is 5.28 Å². The molecule has 0 unspecified atom stereocenters. The lowest BCUT2D eigenvalue weighted by Crippen LogP contribution is -2.05. The quantitative estimate of drug-likeness (QED) is 0.676. The molecule has 0 spiro atoms. The number of nitrogens with two attached hydrogens (primary N) is 1. The Morgan fingerprint density at radius 1 is 1.25 bits per heavy atom. The van der Waals surface area contributed by atoms with Crippen molar-refractivity contribution >= 4 is 29.1 Å². The van der Waals surface area contributed by atoms with E-state index in [2.05, 4.69) is 15.0 Å². The minimum Gasteiger partial charge on any atom is -0.395 e. The molecule has 0 saturated heterocycles. The van der Waals surface area contributed by atoms with E-state index in [1.54, 1.807) is 6.92 Å². The summed E-state index contributed by atoms with van der Waals surface area (Å²) >= 11 is 6.74. The summed E-state index contributed by atoms with van der Waals surface area (Å²) in [7, 11) is 0. The Balaban J connectivity index is 2.27. The summed E-state index contributed by atoms with van der Waals surface area (Å²) in [6.45, 7) is 1.66. The number of nitrogen functional groups attached to an aromatic ring is 1. The van der Waals surface area contributed by atoms with Gasteiger partial charge in [0.2, 0.25) is 5.28 Å². The van der Waals surface area contributed by atoms with Crippen LogP contribution in [0.25, 0.3) is 0 Å². The van der Waals surface area contributed by atoms with Gasteiger partial charge >= 0.3 is 6.18 Å². The molecule has 0 aliphatic rings. The molecule has 0 aromatic carbocycles. The second kappa shape index (κ2) is 5.45. The molecule has 0 bridgehead atoms. The van der Waals surface area contributed by atoms with Crippen molar-refractivity contribution in [1.29, 1.82) is 0 Å². The molecule has 2 aromatic rings. The monoisotopic (exact) mass is 320 g/mol. The number of alkyl halides is 3. The van der Waals surface area contributed by atoms with Crippen LogP contribution in [0.15, 0.2) is 28.4 Å². The topological polar surface area (TPSA) is 64.7 Å². The Hall–Kier alpha value is -1.54. The summed E-state index contributed by atoms with van der Waals surface area (Å²) < 4.78 is 37.2. The van der Waals surface area contributed by atoms with Gasteiger partial charge in [-0.3, -0.25) is 0 Å². The Labute approximate surface area is 121 Å². The van der Waals surface area contributed by atoms with Gasteiger partial charge in [-0.25, -0.2) is 15.0 Å². The van der Waals surface area contributed by atoms with Crippen molar-refractivity contribution in [2.75, 3.05) is 5.73 Å². The average Bonchev–Trinajstić information content (AvgIpc) is 2.35. The van der Waals surface area contributed by atoms with Crippen molar-refractivity contribution in [3.05, 3.63) is 34.9 Å². The van der Waals surface area contributed by atoms with Crippen molar-refractivity contribution in [2.45, 2.75) is 23.2 Å². The van der Waals surface area contributed by atoms with Crippen LogP contribution in [0.5, 0.6) is 0 Å². The lowest BCUT2D eigenvalue weighted by molar-refractivity contribution is -0.137. The summed E-state index contributed by atoms with van der Waals surface area (Å²) in [5, 5.41) is 0.708. The van der Waals surface area contributed by atoms with Gasteiger partial charge in [-0.15, -0.1) is 0 Å². The maximum Gasteiger partial charge on any atom is 0.417 e. The van der Waals surface area contributed by atoms with Crippen LogP contribution in [0, 0.1) is 6.92 Å². The molecule has 0 atom stereocenters. The van der Waals surface area contributed by atoms with Crippen LogP contribution in [-0.4, -0.2) is 15.0 Å². The summed E-state index contributed by atoms with van der Waals surface area (Å²) in [6.07, 6.45) is -3.65. The molecule has 0 radical (unpaired) electrons. The van der Waals surface area contributed by atoms with E-state index in [1.165, 1.54) is 6.07 Å². The third kappa shape index (κ3) is 3.31. The van der Waals surface area contributed by atoms with Crippen LogP contribution in [0.2, 0.25) is 5.28 Å². The predicted octanol–water partition coefficient (Wildman–Crippen LogP) is 3.59. The molecule has 0 fully saturated rings. The number of aryl methyl sites for hydroxylation is 1. The highest BCUT2D eigenvalue weighted by molar-refractivity contribution is 7.99. The van der Waals surface area contributed by atoms with Gasteiger partial charge < -0.3 is 5.73 Å². The van der Waals surface area contributed by atoms with Gasteiger partial charge in [0.15, 0.2) is 0 Å². The molecule has 0 aliphatic heterocycles. The Morgan fingerprint density at radius 3 is 2.50 bits per heavy atom. The fourth-order valence-corrected chi connectivity index (χ4v) is 2.40. The zero-order chi connectivity index (χ0) is 14.9. The fraction of sp³-hybridized carbons (Fsp3) is 0.182. The molecule has 20 heavy (non-hydrogen) atoms. The molecule has 2 N–H and O–H groups in total. The van der Waals surface area contributed by atoms with Crippen LogP contribution in [0.3, 0.4) is 0 Å². The van der Waals surface area contributed by atoms with E-state index in [4.69, 9.17) is 17.3 Å². The number of hydrogen-bond acceptors (Lipinski definition) is 5. The van der Waals surface area contributed by atoms with E-state index in [0.29, 0.717) is 21.4 Å². The van der Waals surface area contributed by atoms with Gasteiger partial charge in [-0.1, -0.05) is 0 Å². The van der Waals surface area contributed by atoms with Crippen LogP contribution in [0.1, 0.15) is 11.3 Å². The first kappa shape index (κ1) is 14.9. The van der Waals surface area contributed by atoms with Gasteiger partial charge in [-0.05, 0) is 42.4 Å². The smallest absolute Gasteiger partial charge is 0.395 e. The zero-order valence-electron chi connectivity index (χ0n) is 10.1. The summed E-state index contributed by atoms with van der Waals surface area (Å²) in [4.78, 5) is 11.5. The Morgan fingerprint density at radius 2 is 1.95 bits per heavy atom. The molecule has 2 rings (SSSR count). The number of anilines is 1. The van der Waals surface area contributed by atoms with E-state index in [9.17, 15) is 13.2 Å². The number of nitrogens with zero attached hydrogens (tertiary/aromatic N) is 3. The third-order valence-electron chi connectivity index (χ3n) is 2.34. The molecule has 4 nitrogen and oxygen atoms in total. The minimum atomic E-state index is -4.41. The third-order valence-corrected chi connectivity index (χ3v) is 3.46. The Kier molecular flexibility index (Phi) is 4.05. The maximum atomic E-state index is 12.4. The molecule has 9 heteroatoms. The van der Waals surface area contributed by atoms with Crippen molar-refractivity contribution in [3.8, 4) is 0 Å². The number of pyridine rings is 1. The van der Waals surface area contributed by atoms with Gasteiger partial charge in [0, 0.05) is 6.20 Å². The van der Waals surface area contributed by atoms with E-state index in [0.717, 1.165) is 24.0 Å². The van der Waals surface area contributed by atoms with Gasteiger partial charge in [0.1, 0.15) is 10.1 Å². The lowest BCUT2D eigenvalue weighted by atomic mass is 10.3. The average molecular weight is 321 g/mol. The number of halogens is 4. The Bertz CT molecular complexity index is 631. The fourth-order valence-electron chi connectivity index (χ4n) is 1.31. The highest BCUT2D eigenvalue weighted by Gasteiger charge is 2.30. The first-order chi connectivity index (χ1) is 9.27. The molecule has 2 heterocycles. The largest absolute Gasteiger partial charge is 0.417 e. The molecule has 0 saturated carbocycles. The van der Waals surface area contributed by atoms with Crippen LogP contribution >= 0.6 is 23.4 Å². The van der Waals surface area contributed by atoms with Crippen molar-refractivity contribution in [3.63, 3.8) is 0 Å². The van der Waals surface area contributed by atoms with Crippen LogP contribution in [-0.2, 0) is 6.18 Å². The van der Waals surface area contributed by atoms with Crippen molar-refractivity contribution < 1.29 is 13.2 Å². The van der Waals surface area contributed by atoms with Crippen LogP contribution < -0.4 is 5.73 Å². The highest BCUT2D eigenvalue weighted by Crippen LogP contribution is 2.33. The number of hydrogen-bond donors (Lipinski definition) is 1. The van der Waals surface area contributed by atoms with E-state index >= 15 is 0 Å². The number of rotatable bonds is 2. The molecule has 0 aliphatic carbocycles. The standard InChI is InChI=1S/C11H8ClF3N4S/c1-5-8(16)9(19-10(12)18-5)20-7-3-2-6(4-17-7)11(13,14)15/h2-4H,16H2,1H3. The maximum absolute atomic E-state index is 12.4. The molecular formula is C11H8ClF3N4S. The van der Waals surface area contributed by atoms with Gasteiger partial charge in [0.25, 0.3) is 0 Å². The summed E-state index contributed by atoms with van der Waals surface area (Å²) in [6, 6.07) is 2.19.